The SMILES string of the molecule is Cc1ccc(CNC(=O)[C@H](c2ccccc2)N(Cc2ccc(Cl)cc2)C(=O)COc2ccc(S(=O)(=O)N3CCOCC3)cc2)cc1. The number of morpholine rings is 1. The van der Waals surface area contributed by atoms with Gasteiger partial charge in [-0.1, -0.05) is 83.9 Å². The van der Waals surface area contributed by atoms with Crippen LogP contribution in [0, 0.1) is 6.92 Å². The zero-order valence-corrected chi connectivity index (χ0v) is 27.0. The molecular formula is C35H36ClN3O6S. The summed E-state index contributed by atoms with van der Waals surface area (Å²) in [6.45, 7) is 3.32. The number of carbonyl (C=O) groups excluding carboxylic acids is 2. The Balaban J connectivity index is 1.36. The molecule has 1 aliphatic rings. The minimum Gasteiger partial charge on any atom is -0.484 e. The summed E-state index contributed by atoms with van der Waals surface area (Å²) in [4.78, 5) is 29.4. The standard InChI is InChI=1S/C35H36ClN3O6S/c1-26-7-9-27(10-8-26)23-37-35(41)34(29-5-3-2-4-6-29)39(24-28-11-13-30(36)14-12-28)33(40)25-45-31-15-17-32(18-16-31)46(42,43)38-19-21-44-22-20-38/h2-18,34H,19-25H2,1H3,(H,37,41)/t34-/m0/s1. The second-order valence-corrected chi connectivity index (χ2v) is 13.3. The molecule has 4 aromatic rings. The van der Waals surface area contributed by atoms with Crippen molar-refractivity contribution in [2.45, 2.75) is 31.0 Å². The first kappa shape index (κ1) is 33.2. The lowest BCUT2D eigenvalue weighted by molar-refractivity contribution is -0.143. The number of rotatable bonds is 12. The molecule has 11 heteroatoms. The van der Waals surface area contributed by atoms with Gasteiger partial charge < -0.3 is 19.7 Å². The van der Waals surface area contributed by atoms with Crippen LogP contribution in [0.1, 0.15) is 28.3 Å². The zero-order valence-electron chi connectivity index (χ0n) is 25.5. The monoisotopic (exact) mass is 661 g/mol. The fourth-order valence-electron chi connectivity index (χ4n) is 5.08. The Kier molecular flexibility index (Phi) is 11.1. The summed E-state index contributed by atoms with van der Waals surface area (Å²) in [5, 5.41) is 3.56. The molecule has 240 valence electrons. The van der Waals surface area contributed by atoms with Gasteiger partial charge in [0, 0.05) is 31.2 Å². The van der Waals surface area contributed by atoms with Crippen molar-refractivity contribution < 1.29 is 27.5 Å². The lowest BCUT2D eigenvalue weighted by Gasteiger charge is -2.31. The molecule has 1 N–H and O–H groups in total. The van der Waals surface area contributed by atoms with Crippen LogP contribution in [0.2, 0.25) is 5.02 Å². The van der Waals surface area contributed by atoms with Crippen LogP contribution in [0.15, 0.2) is 108 Å². The molecule has 0 aromatic heterocycles. The van der Waals surface area contributed by atoms with Crippen molar-refractivity contribution in [2.24, 2.45) is 0 Å². The first-order valence-corrected chi connectivity index (χ1v) is 16.8. The summed E-state index contributed by atoms with van der Waals surface area (Å²) in [6.07, 6.45) is 0. The highest BCUT2D eigenvalue weighted by atomic mass is 35.5. The molecule has 1 aliphatic heterocycles. The van der Waals surface area contributed by atoms with Crippen molar-refractivity contribution in [1.82, 2.24) is 14.5 Å². The molecule has 1 atom stereocenters. The van der Waals surface area contributed by atoms with Crippen molar-refractivity contribution in [3.05, 3.63) is 130 Å². The zero-order chi connectivity index (χ0) is 32.5. The average Bonchev–Trinajstić information content (AvgIpc) is 3.08. The van der Waals surface area contributed by atoms with E-state index >= 15 is 0 Å². The quantitative estimate of drug-likeness (QED) is 0.226. The Morgan fingerprint density at radius 1 is 0.891 bits per heavy atom. The van der Waals surface area contributed by atoms with Crippen molar-refractivity contribution in [3.63, 3.8) is 0 Å². The van der Waals surface area contributed by atoms with Crippen molar-refractivity contribution >= 4 is 33.4 Å². The van der Waals surface area contributed by atoms with Gasteiger partial charge in [0.1, 0.15) is 11.8 Å². The van der Waals surface area contributed by atoms with Gasteiger partial charge in [0.15, 0.2) is 6.61 Å². The number of halogens is 1. The number of nitrogens with zero attached hydrogens (tertiary/aromatic N) is 2. The lowest BCUT2D eigenvalue weighted by atomic mass is 10.0. The number of aryl methyl sites for hydroxylation is 1. The number of benzene rings is 4. The summed E-state index contributed by atoms with van der Waals surface area (Å²) in [7, 11) is -3.67. The minimum atomic E-state index is -3.67. The Morgan fingerprint density at radius 2 is 1.52 bits per heavy atom. The van der Waals surface area contributed by atoms with Gasteiger partial charge in [-0.05, 0) is 60.0 Å². The van der Waals surface area contributed by atoms with E-state index in [0.29, 0.717) is 49.2 Å². The molecule has 0 spiro atoms. The van der Waals surface area contributed by atoms with Gasteiger partial charge >= 0.3 is 0 Å². The molecule has 0 unspecified atom stereocenters. The number of hydrogen-bond donors (Lipinski definition) is 1. The first-order chi connectivity index (χ1) is 22.2. The predicted molar refractivity (Wildman–Crippen MR) is 176 cm³/mol. The summed E-state index contributed by atoms with van der Waals surface area (Å²) in [6, 6.07) is 29.1. The van der Waals surface area contributed by atoms with E-state index in [1.807, 2.05) is 73.7 Å². The van der Waals surface area contributed by atoms with Crippen LogP contribution in [0.4, 0.5) is 0 Å². The summed E-state index contributed by atoms with van der Waals surface area (Å²) in [5.74, 6) is -0.452. The number of ether oxygens (including phenoxy) is 2. The fourth-order valence-corrected chi connectivity index (χ4v) is 6.62. The molecule has 0 saturated carbocycles. The van der Waals surface area contributed by atoms with Crippen LogP contribution in [-0.2, 0) is 37.4 Å². The van der Waals surface area contributed by atoms with E-state index in [4.69, 9.17) is 21.1 Å². The van der Waals surface area contributed by atoms with Gasteiger partial charge in [-0.15, -0.1) is 0 Å². The highest BCUT2D eigenvalue weighted by Crippen LogP contribution is 2.26. The molecule has 2 amide bonds. The Labute approximate surface area is 274 Å². The molecule has 1 fully saturated rings. The molecule has 5 rings (SSSR count). The van der Waals surface area contributed by atoms with Crippen molar-refractivity contribution in [1.29, 1.82) is 0 Å². The summed E-state index contributed by atoms with van der Waals surface area (Å²) >= 11 is 6.12. The van der Waals surface area contributed by atoms with Crippen molar-refractivity contribution in [3.8, 4) is 5.75 Å². The number of sulfonamides is 1. The maximum atomic E-state index is 13.9. The third kappa shape index (κ3) is 8.52. The molecular weight excluding hydrogens is 626 g/mol. The van der Waals surface area contributed by atoms with Gasteiger partial charge in [-0.25, -0.2) is 8.42 Å². The highest BCUT2D eigenvalue weighted by Gasteiger charge is 2.32. The van der Waals surface area contributed by atoms with Crippen LogP contribution in [0.5, 0.6) is 5.75 Å². The van der Waals surface area contributed by atoms with Gasteiger partial charge in [-0.3, -0.25) is 9.59 Å². The summed E-state index contributed by atoms with van der Waals surface area (Å²) in [5.41, 5.74) is 3.47. The van der Waals surface area contributed by atoms with Gasteiger partial charge in [-0.2, -0.15) is 4.31 Å². The highest BCUT2D eigenvalue weighted by molar-refractivity contribution is 7.89. The first-order valence-electron chi connectivity index (χ1n) is 14.9. The molecule has 0 bridgehead atoms. The van der Waals surface area contributed by atoms with E-state index in [2.05, 4.69) is 5.32 Å². The number of amides is 2. The van der Waals surface area contributed by atoms with E-state index in [1.165, 1.54) is 33.5 Å². The van der Waals surface area contributed by atoms with Gasteiger partial charge in [0.2, 0.25) is 15.9 Å². The van der Waals surface area contributed by atoms with Crippen molar-refractivity contribution in [2.75, 3.05) is 32.9 Å². The van der Waals surface area contributed by atoms with Gasteiger partial charge in [0.05, 0.1) is 18.1 Å². The average molecular weight is 662 g/mol. The number of nitrogens with one attached hydrogen (secondary N) is 1. The molecule has 0 radical (unpaired) electrons. The Morgan fingerprint density at radius 3 is 2.17 bits per heavy atom. The number of hydrogen-bond acceptors (Lipinski definition) is 6. The van der Waals surface area contributed by atoms with Crippen LogP contribution < -0.4 is 10.1 Å². The van der Waals surface area contributed by atoms with Crippen LogP contribution in [-0.4, -0.2) is 62.3 Å². The molecule has 1 heterocycles. The largest absolute Gasteiger partial charge is 0.484 e. The van der Waals surface area contributed by atoms with Crippen LogP contribution in [0.25, 0.3) is 0 Å². The van der Waals surface area contributed by atoms with Gasteiger partial charge in [0.25, 0.3) is 5.91 Å². The van der Waals surface area contributed by atoms with Crippen LogP contribution in [0.3, 0.4) is 0 Å². The van der Waals surface area contributed by atoms with E-state index in [9.17, 15) is 18.0 Å². The third-order valence-electron chi connectivity index (χ3n) is 7.64. The third-order valence-corrected chi connectivity index (χ3v) is 9.81. The maximum Gasteiger partial charge on any atom is 0.261 e. The van der Waals surface area contributed by atoms with E-state index in [-0.39, 0.29) is 24.0 Å². The summed E-state index contributed by atoms with van der Waals surface area (Å²) < 4.78 is 38.5. The molecule has 46 heavy (non-hydrogen) atoms. The molecule has 0 aliphatic carbocycles. The second kappa shape index (κ2) is 15.4. The lowest BCUT2D eigenvalue weighted by Crippen LogP contribution is -2.45. The molecule has 1 saturated heterocycles. The fraction of sp³-hybridized carbons (Fsp3) is 0.257. The minimum absolute atomic E-state index is 0.119. The number of carbonyl (C=O) groups is 2. The maximum absolute atomic E-state index is 13.9. The van der Waals surface area contributed by atoms with E-state index in [0.717, 1.165) is 16.7 Å². The predicted octanol–water partition coefficient (Wildman–Crippen LogP) is 5.13. The molecule has 4 aromatic carbocycles. The van der Waals surface area contributed by atoms with Crippen LogP contribution >= 0.6 is 11.6 Å². The van der Waals surface area contributed by atoms with E-state index < -0.39 is 22.0 Å². The Bertz CT molecular complexity index is 1710. The Hall–Kier alpha value is -4.22. The smallest absolute Gasteiger partial charge is 0.261 e. The van der Waals surface area contributed by atoms with E-state index in [1.54, 1.807) is 12.1 Å². The topological polar surface area (TPSA) is 105 Å². The second-order valence-electron chi connectivity index (χ2n) is 10.9. The normalized spacial score (nSPS) is 14.3. The molecule has 9 nitrogen and oxygen atoms in total.